The van der Waals surface area contributed by atoms with Gasteiger partial charge in [0, 0.05) is 21.5 Å². The molecule has 0 bridgehead atoms. The van der Waals surface area contributed by atoms with Crippen molar-refractivity contribution in [2.45, 2.75) is 19.9 Å². The van der Waals surface area contributed by atoms with E-state index in [0.717, 1.165) is 15.2 Å². The summed E-state index contributed by atoms with van der Waals surface area (Å²) in [6, 6.07) is 6.60. The number of aromatic nitrogens is 1. The summed E-state index contributed by atoms with van der Waals surface area (Å²) >= 11 is 5.18. The summed E-state index contributed by atoms with van der Waals surface area (Å²) in [6.45, 7) is 4.23. The normalized spacial score (nSPS) is 12.7. The lowest BCUT2D eigenvalue weighted by atomic mass is 10.1. The molecule has 2 rings (SSSR count). The maximum absolute atomic E-state index is 4.68. The zero-order valence-electron chi connectivity index (χ0n) is 10.1. The number of halogens is 1. The van der Waals surface area contributed by atoms with Crippen LogP contribution >= 0.6 is 27.3 Å². The molecule has 2 aromatic rings. The predicted octanol–water partition coefficient (Wildman–Crippen LogP) is 4.16. The molecule has 0 aliphatic carbocycles. The minimum atomic E-state index is 0.302. The minimum absolute atomic E-state index is 0.302. The van der Waals surface area contributed by atoms with Crippen LogP contribution < -0.4 is 5.32 Å². The van der Waals surface area contributed by atoms with Gasteiger partial charge in [0.25, 0.3) is 0 Å². The monoisotopic (exact) mass is 310 g/mol. The van der Waals surface area contributed by atoms with Crippen LogP contribution in [0, 0.1) is 6.92 Å². The molecular formula is C13H15BrN2S. The van der Waals surface area contributed by atoms with Crippen molar-refractivity contribution in [2.75, 3.05) is 7.05 Å². The van der Waals surface area contributed by atoms with Crippen molar-refractivity contribution in [3.05, 3.63) is 39.3 Å². The lowest BCUT2D eigenvalue weighted by Gasteiger charge is -2.06. The first-order valence-electron chi connectivity index (χ1n) is 5.51. The summed E-state index contributed by atoms with van der Waals surface area (Å²) in [6.07, 6.45) is 0. The minimum Gasteiger partial charge on any atom is -0.312 e. The first-order valence-corrected chi connectivity index (χ1v) is 7.18. The van der Waals surface area contributed by atoms with Crippen molar-refractivity contribution in [1.82, 2.24) is 10.3 Å². The van der Waals surface area contributed by atoms with E-state index in [2.05, 4.69) is 63.7 Å². The molecule has 1 aromatic heterocycles. The number of nitrogens with one attached hydrogen (secondary N) is 1. The number of thiazole rings is 1. The van der Waals surface area contributed by atoms with Gasteiger partial charge in [0.1, 0.15) is 5.01 Å². The lowest BCUT2D eigenvalue weighted by molar-refractivity contribution is 0.637. The van der Waals surface area contributed by atoms with Crippen molar-refractivity contribution in [2.24, 2.45) is 0 Å². The Labute approximate surface area is 114 Å². The average molecular weight is 311 g/mol. The molecule has 1 N–H and O–H groups in total. The van der Waals surface area contributed by atoms with Crippen LogP contribution in [-0.4, -0.2) is 12.0 Å². The molecule has 2 nitrogen and oxygen atoms in total. The van der Waals surface area contributed by atoms with Crippen molar-refractivity contribution in [1.29, 1.82) is 0 Å². The van der Waals surface area contributed by atoms with E-state index < -0.39 is 0 Å². The molecule has 17 heavy (non-hydrogen) atoms. The van der Waals surface area contributed by atoms with E-state index in [9.17, 15) is 0 Å². The lowest BCUT2D eigenvalue weighted by Crippen LogP contribution is -2.12. The standard InChI is InChI=1S/C13H15BrN2S/c1-8-6-10(14)4-5-11(8)13-16-12(7-17-13)9(2)15-3/h4-7,9,15H,1-3H3. The van der Waals surface area contributed by atoms with Crippen LogP contribution in [0.4, 0.5) is 0 Å². The maximum Gasteiger partial charge on any atom is 0.123 e. The van der Waals surface area contributed by atoms with Crippen molar-refractivity contribution >= 4 is 27.3 Å². The summed E-state index contributed by atoms with van der Waals surface area (Å²) in [5.74, 6) is 0. The fourth-order valence-electron chi connectivity index (χ4n) is 1.62. The topological polar surface area (TPSA) is 24.9 Å². The molecule has 0 amide bonds. The van der Waals surface area contributed by atoms with E-state index in [-0.39, 0.29) is 0 Å². The molecule has 1 heterocycles. The van der Waals surface area contributed by atoms with E-state index in [1.54, 1.807) is 11.3 Å². The van der Waals surface area contributed by atoms with Crippen LogP contribution in [0.5, 0.6) is 0 Å². The smallest absolute Gasteiger partial charge is 0.123 e. The average Bonchev–Trinajstić information content (AvgIpc) is 2.77. The summed E-state index contributed by atoms with van der Waals surface area (Å²) in [5.41, 5.74) is 3.57. The Kier molecular flexibility index (Phi) is 3.97. The second-order valence-corrected chi connectivity index (χ2v) is 5.82. The van der Waals surface area contributed by atoms with Crippen molar-refractivity contribution in [3.63, 3.8) is 0 Å². The third-order valence-electron chi connectivity index (χ3n) is 2.82. The number of hydrogen-bond donors (Lipinski definition) is 1. The van der Waals surface area contributed by atoms with Crippen LogP contribution in [0.15, 0.2) is 28.1 Å². The molecule has 1 aromatic carbocycles. The van der Waals surface area contributed by atoms with Gasteiger partial charge in [-0.2, -0.15) is 0 Å². The van der Waals surface area contributed by atoms with Gasteiger partial charge in [-0.1, -0.05) is 22.0 Å². The molecule has 0 radical (unpaired) electrons. The number of hydrogen-bond acceptors (Lipinski definition) is 3. The number of nitrogens with zero attached hydrogens (tertiary/aromatic N) is 1. The second kappa shape index (κ2) is 5.29. The molecule has 0 saturated heterocycles. The summed E-state index contributed by atoms with van der Waals surface area (Å²) < 4.78 is 1.11. The number of aryl methyl sites for hydroxylation is 1. The Morgan fingerprint density at radius 1 is 1.41 bits per heavy atom. The van der Waals surface area contributed by atoms with Crippen LogP contribution in [0.2, 0.25) is 0 Å². The van der Waals surface area contributed by atoms with Gasteiger partial charge in [0.15, 0.2) is 0 Å². The van der Waals surface area contributed by atoms with Crippen LogP contribution in [0.3, 0.4) is 0 Å². The predicted molar refractivity (Wildman–Crippen MR) is 77.5 cm³/mol. The van der Waals surface area contributed by atoms with E-state index in [1.807, 2.05) is 7.05 Å². The molecule has 90 valence electrons. The van der Waals surface area contributed by atoms with E-state index in [4.69, 9.17) is 0 Å². The Balaban J connectivity index is 2.37. The highest BCUT2D eigenvalue weighted by atomic mass is 79.9. The highest BCUT2D eigenvalue weighted by Crippen LogP contribution is 2.30. The van der Waals surface area contributed by atoms with Gasteiger partial charge in [0.2, 0.25) is 0 Å². The Morgan fingerprint density at radius 2 is 2.18 bits per heavy atom. The second-order valence-electron chi connectivity index (χ2n) is 4.05. The van der Waals surface area contributed by atoms with E-state index >= 15 is 0 Å². The Bertz CT molecular complexity index is 522. The Hall–Kier alpha value is -0.710. The highest BCUT2D eigenvalue weighted by Gasteiger charge is 2.10. The zero-order valence-corrected chi connectivity index (χ0v) is 12.5. The number of benzene rings is 1. The van der Waals surface area contributed by atoms with Gasteiger partial charge in [0.05, 0.1) is 5.69 Å². The SMILES string of the molecule is CNC(C)c1csc(-c2ccc(Br)cc2C)n1. The summed E-state index contributed by atoms with van der Waals surface area (Å²) in [4.78, 5) is 4.68. The quantitative estimate of drug-likeness (QED) is 0.920. The summed E-state index contributed by atoms with van der Waals surface area (Å²) in [5, 5.41) is 6.42. The molecule has 1 atom stereocenters. The highest BCUT2D eigenvalue weighted by molar-refractivity contribution is 9.10. The van der Waals surface area contributed by atoms with Crippen LogP contribution in [0.25, 0.3) is 10.6 Å². The third-order valence-corrected chi connectivity index (χ3v) is 4.20. The summed E-state index contributed by atoms with van der Waals surface area (Å²) in [7, 11) is 1.95. The molecule has 4 heteroatoms. The molecule has 0 fully saturated rings. The fraction of sp³-hybridized carbons (Fsp3) is 0.308. The Morgan fingerprint density at radius 3 is 2.82 bits per heavy atom. The molecular weight excluding hydrogens is 296 g/mol. The first-order chi connectivity index (χ1) is 8.11. The third kappa shape index (κ3) is 2.76. The van der Waals surface area contributed by atoms with E-state index in [1.165, 1.54) is 11.1 Å². The fourth-order valence-corrected chi connectivity index (χ4v) is 3.10. The van der Waals surface area contributed by atoms with Crippen molar-refractivity contribution in [3.8, 4) is 10.6 Å². The van der Waals surface area contributed by atoms with Gasteiger partial charge in [-0.3, -0.25) is 0 Å². The van der Waals surface area contributed by atoms with Gasteiger partial charge in [-0.05, 0) is 38.6 Å². The van der Waals surface area contributed by atoms with Crippen LogP contribution in [-0.2, 0) is 0 Å². The largest absolute Gasteiger partial charge is 0.312 e. The van der Waals surface area contributed by atoms with Gasteiger partial charge in [-0.25, -0.2) is 4.98 Å². The molecule has 1 unspecified atom stereocenters. The van der Waals surface area contributed by atoms with Crippen LogP contribution in [0.1, 0.15) is 24.2 Å². The van der Waals surface area contributed by atoms with Gasteiger partial charge >= 0.3 is 0 Å². The van der Waals surface area contributed by atoms with E-state index in [0.29, 0.717) is 6.04 Å². The molecule has 0 spiro atoms. The first kappa shape index (κ1) is 12.7. The molecule has 0 aliphatic heterocycles. The maximum atomic E-state index is 4.68. The number of rotatable bonds is 3. The molecule has 0 aliphatic rings. The molecule has 0 saturated carbocycles. The van der Waals surface area contributed by atoms with Crippen molar-refractivity contribution < 1.29 is 0 Å². The van der Waals surface area contributed by atoms with Gasteiger partial charge in [-0.15, -0.1) is 11.3 Å². The van der Waals surface area contributed by atoms with Gasteiger partial charge < -0.3 is 5.32 Å². The zero-order chi connectivity index (χ0) is 12.4.